The molecule has 1 N–H and O–H groups in total. The van der Waals surface area contributed by atoms with Gasteiger partial charge in [0.2, 0.25) is 0 Å². The number of rotatable bonds is 11. The zero-order chi connectivity index (χ0) is 21.4. The standard InChI is InChI=1S/C24H33NO4S/c1-20-15-21(19-30(27,28)24-10-4-2-5-11-24)17-23(16-20)29-14-7-3-6-12-25-13-8-9-22(25)18-26/h2,4-5,10-11,15-17,22,26H,3,6-9,12-14,18-19H2,1H3/t22-/m1/s1. The third-order valence-corrected chi connectivity index (χ3v) is 7.34. The zero-order valence-corrected chi connectivity index (χ0v) is 18.6. The van der Waals surface area contributed by atoms with Gasteiger partial charge in [-0.25, -0.2) is 8.42 Å². The highest BCUT2D eigenvalue weighted by Crippen LogP contribution is 2.22. The Kier molecular flexibility index (Phi) is 8.31. The Morgan fingerprint density at radius 1 is 1.10 bits per heavy atom. The number of aliphatic hydroxyl groups is 1. The molecule has 1 atom stereocenters. The molecule has 1 fully saturated rings. The van der Waals surface area contributed by atoms with Crippen LogP contribution >= 0.6 is 0 Å². The van der Waals surface area contributed by atoms with E-state index >= 15 is 0 Å². The lowest BCUT2D eigenvalue weighted by atomic mass is 10.1. The molecular weight excluding hydrogens is 398 g/mol. The molecule has 0 aromatic heterocycles. The maximum absolute atomic E-state index is 12.6. The first-order valence-corrected chi connectivity index (χ1v) is 12.5. The number of ether oxygens (including phenoxy) is 1. The number of nitrogens with zero attached hydrogens (tertiary/aromatic N) is 1. The summed E-state index contributed by atoms with van der Waals surface area (Å²) in [5.41, 5.74) is 1.74. The molecule has 0 saturated carbocycles. The van der Waals surface area contributed by atoms with E-state index in [-0.39, 0.29) is 12.4 Å². The second-order valence-electron chi connectivity index (χ2n) is 8.15. The van der Waals surface area contributed by atoms with Crippen molar-refractivity contribution in [2.24, 2.45) is 0 Å². The van der Waals surface area contributed by atoms with E-state index in [9.17, 15) is 13.5 Å². The van der Waals surface area contributed by atoms with Crippen molar-refractivity contribution in [3.63, 3.8) is 0 Å². The van der Waals surface area contributed by atoms with Crippen LogP contribution in [0, 0.1) is 6.92 Å². The Morgan fingerprint density at radius 2 is 1.90 bits per heavy atom. The van der Waals surface area contributed by atoms with Gasteiger partial charge >= 0.3 is 0 Å². The molecular formula is C24H33NO4S. The first-order valence-electron chi connectivity index (χ1n) is 10.8. The number of hydrogen-bond donors (Lipinski definition) is 1. The van der Waals surface area contributed by atoms with Crippen LogP contribution in [0.5, 0.6) is 5.75 Å². The summed E-state index contributed by atoms with van der Waals surface area (Å²) in [5.74, 6) is 0.699. The van der Waals surface area contributed by atoms with Crippen molar-refractivity contribution in [2.75, 3.05) is 26.3 Å². The number of aryl methyl sites for hydroxylation is 1. The fraction of sp³-hybridized carbons (Fsp3) is 0.500. The highest BCUT2D eigenvalue weighted by Gasteiger charge is 2.22. The topological polar surface area (TPSA) is 66.8 Å². The molecule has 0 spiro atoms. The van der Waals surface area contributed by atoms with Crippen LogP contribution in [0.15, 0.2) is 53.4 Å². The van der Waals surface area contributed by atoms with E-state index in [1.807, 2.05) is 31.2 Å². The largest absolute Gasteiger partial charge is 0.494 e. The van der Waals surface area contributed by atoms with Crippen molar-refractivity contribution in [3.05, 3.63) is 59.7 Å². The Hall–Kier alpha value is -1.89. The molecule has 0 amide bonds. The molecule has 0 radical (unpaired) electrons. The second kappa shape index (κ2) is 10.9. The quantitative estimate of drug-likeness (QED) is 0.545. The van der Waals surface area contributed by atoms with Crippen LogP contribution in [0.4, 0.5) is 0 Å². The van der Waals surface area contributed by atoms with Crippen molar-refractivity contribution in [1.82, 2.24) is 4.90 Å². The summed E-state index contributed by atoms with van der Waals surface area (Å²) in [6, 6.07) is 14.6. The van der Waals surface area contributed by atoms with E-state index in [0.717, 1.165) is 55.6 Å². The SMILES string of the molecule is Cc1cc(CS(=O)(=O)c2ccccc2)cc(OCCCCCN2CCC[C@@H]2CO)c1. The number of likely N-dealkylation sites (tertiary alicyclic amines) is 1. The maximum Gasteiger partial charge on any atom is 0.182 e. The summed E-state index contributed by atoms with van der Waals surface area (Å²) in [4.78, 5) is 2.73. The van der Waals surface area contributed by atoms with Gasteiger partial charge in [0, 0.05) is 6.04 Å². The van der Waals surface area contributed by atoms with E-state index in [0.29, 0.717) is 17.5 Å². The molecule has 1 saturated heterocycles. The Labute approximate surface area is 180 Å². The van der Waals surface area contributed by atoms with E-state index in [1.54, 1.807) is 24.3 Å². The van der Waals surface area contributed by atoms with Gasteiger partial charge in [0.1, 0.15) is 5.75 Å². The van der Waals surface area contributed by atoms with Crippen LogP contribution < -0.4 is 4.74 Å². The monoisotopic (exact) mass is 431 g/mol. The summed E-state index contributed by atoms with van der Waals surface area (Å²) >= 11 is 0. The summed E-state index contributed by atoms with van der Waals surface area (Å²) in [6.45, 7) is 4.98. The molecule has 164 valence electrons. The summed E-state index contributed by atoms with van der Waals surface area (Å²) < 4.78 is 31.2. The summed E-state index contributed by atoms with van der Waals surface area (Å²) in [7, 11) is -3.37. The van der Waals surface area contributed by atoms with Crippen molar-refractivity contribution >= 4 is 9.84 Å². The lowest BCUT2D eigenvalue weighted by molar-refractivity contribution is 0.156. The van der Waals surface area contributed by atoms with E-state index in [2.05, 4.69) is 4.90 Å². The highest BCUT2D eigenvalue weighted by atomic mass is 32.2. The molecule has 3 rings (SSSR count). The number of aliphatic hydroxyl groups excluding tert-OH is 1. The number of sulfone groups is 1. The Bertz CT molecular complexity index is 899. The normalized spacial score (nSPS) is 17.3. The smallest absolute Gasteiger partial charge is 0.182 e. The van der Waals surface area contributed by atoms with Crippen LogP contribution in [0.2, 0.25) is 0 Å². The minimum absolute atomic E-state index is 0.0308. The minimum Gasteiger partial charge on any atom is -0.494 e. The molecule has 6 heteroatoms. The van der Waals surface area contributed by atoms with Crippen LogP contribution in [0.25, 0.3) is 0 Å². The molecule has 5 nitrogen and oxygen atoms in total. The zero-order valence-electron chi connectivity index (χ0n) is 17.8. The third-order valence-electron chi connectivity index (χ3n) is 5.64. The fourth-order valence-corrected chi connectivity index (χ4v) is 5.45. The Morgan fingerprint density at radius 3 is 2.67 bits per heavy atom. The van der Waals surface area contributed by atoms with E-state index < -0.39 is 9.84 Å². The number of benzene rings is 2. The fourth-order valence-electron chi connectivity index (χ4n) is 4.10. The lowest BCUT2D eigenvalue weighted by Crippen LogP contribution is -2.32. The highest BCUT2D eigenvalue weighted by molar-refractivity contribution is 7.90. The van der Waals surface area contributed by atoms with Crippen molar-refractivity contribution < 1.29 is 18.3 Å². The molecule has 2 aromatic carbocycles. The van der Waals surface area contributed by atoms with E-state index in [4.69, 9.17) is 4.74 Å². The summed E-state index contributed by atoms with van der Waals surface area (Å²) in [5, 5.41) is 9.38. The molecule has 1 heterocycles. The molecule has 0 bridgehead atoms. The predicted molar refractivity (Wildman–Crippen MR) is 120 cm³/mol. The van der Waals surface area contributed by atoms with E-state index in [1.165, 1.54) is 6.42 Å². The molecule has 2 aromatic rings. The average molecular weight is 432 g/mol. The van der Waals surface area contributed by atoms with Crippen LogP contribution in [-0.2, 0) is 15.6 Å². The summed E-state index contributed by atoms with van der Waals surface area (Å²) in [6.07, 6.45) is 5.44. The van der Waals surface area contributed by atoms with Crippen molar-refractivity contribution in [3.8, 4) is 5.75 Å². The first kappa shape index (κ1) is 22.8. The van der Waals surface area contributed by atoms with Gasteiger partial charge in [-0.05, 0) is 87.5 Å². The van der Waals surface area contributed by atoms with Gasteiger partial charge in [0.05, 0.1) is 23.9 Å². The van der Waals surface area contributed by atoms with Gasteiger partial charge in [0.25, 0.3) is 0 Å². The molecule has 1 aliphatic rings. The van der Waals surface area contributed by atoms with Crippen molar-refractivity contribution in [1.29, 1.82) is 0 Å². The van der Waals surface area contributed by atoms with Gasteiger partial charge < -0.3 is 9.84 Å². The molecule has 30 heavy (non-hydrogen) atoms. The Balaban J connectivity index is 1.46. The van der Waals surface area contributed by atoms with Gasteiger partial charge in [0.15, 0.2) is 9.84 Å². The van der Waals surface area contributed by atoms with Crippen LogP contribution in [0.3, 0.4) is 0 Å². The second-order valence-corrected chi connectivity index (χ2v) is 10.1. The van der Waals surface area contributed by atoms with Crippen LogP contribution in [-0.4, -0.2) is 50.8 Å². The average Bonchev–Trinajstić information content (AvgIpc) is 3.18. The van der Waals surface area contributed by atoms with Gasteiger partial charge in [-0.1, -0.05) is 24.3 Å². The number of unbranched alkanes of at least 4 members (excludes halogenated alkanes) is 2. The number of hydrogen-bond acceptors (Lipinski definition) is 5. The maximum atomic E-state index is 12.6. The van der Waals surface area contributed by atoms with Gasteiger partial charge in [-0.2, -0.15) is 0 Å². The van der Waals surface area contributed by atoms with Crippen LogP contribution in [0.1, 0.15) is 43.2 Å². The van der Waals surface area contributed by atoms with Gasteiger partial charge in [-0.3, -0.25) is 4.90 Å². The molecule has 0 unspecified atom stereocenters. The third kappa shape index (κ3) is 6.56. The lowest BCUT2D eigenvalue weighted by Gasteiger charge is -2.22. The van der Waals surface area contributed by atoms with Crippen molar-refractivity contribution in [2.45, 2.75) is 55.7 Å². The minimum atomic E-state index is -3.37. The van der Waals surface area contributed by atoms with Gasteiger partial charge in [-0.15, -0.1) is 0 Å². The first-order chi connectivity index (χ1) is 14.5. The molecule has 0 aliphatic carbocycles. The predicted octanol–water partition coefficient (Wildman–Crippen LogP) is 3.97. The molecule has 1 aliphatic heterocycles.